The molecule has 0 saturated carbocycles. The first-order valence-corrected chi connectivity index (χ1v) is 9.78. The van der Waals surface area contributed by atoms with Gasteiger partial charge in [-0.2, -0.15) is 0 Å². The molecule has 0 fully saturated rings. The van der Waals surface area contributed by atoms with E-state index in [2.05, 4.69) is 97.6 Å². The van der Waals surface area contributed by atoms with Crippen molar-refractivity contribution in [3.05, 3.63) is 103 Å². The molecular formula is C24H18S2. The van der Waals surface area contributed by atoms with Crippen LogP contribution < -0.4 is 0 Å². The van der Waals surface area contributed by atoms with Crippen molar-refractivity contribution in [2.24, 2.45) is 0 Å². The number of hydrogen-bond acceptors (Lipinski definition) is 2. The molecule has 126 valence electrons. The molecular weight excluding hydrogens is 352 g/mol. The van der Waals surface area contributed by atoms with Crippen molar-refractivity contribution in [1.29, 1.82) is 0 Å². The highest BCUT2D eigenvalue weighted by Gasteiger charge is 2.09. The topological polar surface area (TPSA) is 0 Å². The summed E-state index contributed by atoms with van der Waals surface area (Å²) < 4.78 is 0. The van der Waals surface area contributed by atoms with Crippen molar-refractivity contribution in [2.45, 2.75) is 14.7 Å². The molecule has 0 nitrogen and oxygen atoms in total. The lowest BCUT2D eigenvalue weighted by molar-refractivity contribution is 1.40. The van der Waals surface area contributed by atoms with Crippen LogP contribution in [0.15, 0.2) is 118 Å². The van der Waals surface area contributed by atoms with Gasteiger partial charge in [0.15, 0.2) is 0 Å². The Labute approximate surface area is 164 Å². The number of benzene rings is 4. The minimum atomic E-state index is 0.978. The molecule has 0 heterocycles. The van der Waals surface area contributed by atoms with Gasteiger partial charge in [0.05, 0.1) is 0 Å². The fourth-order valence-electron chi connectivity index (χ4n) is 2.96. The van der Waals surface area contributed by atoms with Crippen LogP contribution in [0, 0.1) is 0 Å². The molecule has 0 saturated heterocycles. The third-order valence-corrected chi connectivity index (χ3v) is 5.53. The third kappa shape index (κ3) is 3.87. The molecule has 0 aliphatic rings. The molecule has 0 atom stereocenters. The maximum absolute atomic E-state index is 4.41. The summed E-state index contributed by atoms with van der Waals surface area (Å²) in [5.74, 6) is 0. The van der Waals surface area contributed by atoms with Crippen LogP contribution in [0.2, 0.25) is 0 Å². The lowest BCUT2D eigenvalue weighted by Gasteiger charge is -2.13. The molecule has 2 heteroatoms. The summed E-state index contributed by atoms with van der Waals surface area (Å²) in [6.45, 7) is 0. The van der Waals surface area contributed by atoms with Gasteiger partial charge < -0.3 is 0 Å². The van der Waals surface area contributed by atoms with Crippen LogP contribution in [0.4, 0.5) is 0 Å². The maximum Gasteiger partial charge on any atom is 0.0128 e. The molecule has 4 rings (SSSR count). The van der Waals surface area contributed by atoms with E-state index in [1.807, 2.05) is 18.2 Å². The summed E-state index contributed by atoms with van der Waals surface area (Å²) in [4.78, 5) is 3.47. The highest BCUT2D eigenvalue weighted by Crippen LogP contribution is 2.37. The Balaban J connectivity index is 1.80. The van der Waals surface area contributed by atoms with Gasteiger partial charge in [-0.3, -0.25) is 0 Å². The molecule has 0 unspecified atom stereocenters. The first-order valence-electron chi connectivity index (χ1n) is 8.51. The van der Waals surface area contributed by atoms with Crippen molar-refractivity contribution in [3.8, 4) is 22.3 Å². The Morgan fingerprint density at radius 3 is 1.81 bits per heavy atom. The van der Waals surface area contributed by atoms with Crippen molar-refractivity contribution < 1.29 is 0 Å². The SMILES string of the molecule is Sc1ccc(-c2ccc(Sc3ccccc3)cc2-c2ccccc2)cc1. The molecule has 0 aromatic heterocycles. The molecule has 0 N–H and O–H groups in total. The summed E-state index contributed by atoms with van der Waals surface area (Å²) in [5.41, 5.74) is 4.92. The molecule has 0 spiro atoms. The average Bonchev–Trinajstić information content (AvgIpc) is 2.70. The van der Waals surface area contributed by atoms with Crippen molar-refractivity contribution in [3.63, 3.8) is 0 Å². The van der Waals surface area contributed by atoms with Crippen LogP contribution in [0.1, 0.15) is 0 Å². The molecule has 0 bridgehead atoms. The van der Waals surface area contributed by atoms with E-state index in [1.165, 1.54) is 32.0 Å². The van der Waals surface area contributed by atoms with Gasteiger partial charge >= 0.3 is 0 Å². The fraction of sp³-hybridized carbons (Fsp3) is 0. The minimum Gasteiger partial charge on any atom is -0.143 e. The van der Waals surface area contributed by atoms with E-state index in [9.17, 15) is 0 Å². The van der Waals surface area contributed by atoms with E-state index in [1.54, 1.807) is 11.8 Å². The fourth-order valence-corrected chi connectivity index (χ4v) is 3.99. The predicted octanol–water partition coefficient (Wildman–Crippen LogP) is 7.46. The Bertz CT molecular complexity index is 991. The van der Waals surface area contributed by atoms with Crippen LogP contribution in [0.25, 0.3) is 22.3 Å². The van der Waals surface area contributed by atoms with Crippen molar-refractivity contribution >= 4 is 24.4 Å². The van der Waals surface area contributed by atoms with E-state index >= 15 is 0 Å². The molecule has 26 heavy (non-hydrogen) atoms. The standard InChI is InChI=1S/C24H18S2/c25-20-13-11-19(12-14-20)23-16-15-22(26-21-9-5-2-6-10-21)17-24(23)18-7-3-1-4-8-18/h1-17,25H. The monoisotopic (exact) mass is 370 g/mol. The number of hydrogen-bond donors (Lipinski definition) is 1. The lowest BCUT2D eigenvalue weighted by Crippen LogP contribution is -1.87. The summed E-state index contributed by atoms with van der Waals surface area (Å²) in [6, 6.07) is 36.1. The third-order valence-electron chi connectivity index (χ3n) is 4.23. The van der Waals surface area contributed by atoms with Crippen LogP contribution in [0.5, 0.6) is 0 Å². The highest BCUT2D eigenvalue weighted by atomic mass is 32.2. The zero-order chi connectivity index (χ0) is 17.8. The molecule has 0 amide bonds. The van der Waals surface area contributed by atoms with Crippen LogP contribution >= 0.6 is 24.4 Å². The maximum atomic E-state index is 4.41. The van der Waals surface area contributed by atoms with Crippen LogP contribution in [-0.2, 0) is 0 Å². The van der Waals surface area contributed by atoms with Gasteiger partial charge in [0, 0.05) is 14.7 Å². The van der Waals surface area contributed by atoms with Crippen LogP contribution in [0.3, 0.4) is 0 Å². The molecule has 4 aromatic carbocycles. The number of thiol groups is 1. The lowest BCUT2D eigenvalue weighted by atomic mass is 9.95. The zero-order valence-corrected chi connectivity index (χ0v) is 15.9. The minimum absolute atomic E-state index is 0.978. The zero-order valence-electron chi connectivity index (χ0n) is 14.2. The first kappa shape index (κ1) is 17.0. The van der Waals surface area contributed by atoms with Gasteiger partial charge in [0.1, 0.15) is 0 Å². The second-order valence-electron chi connectivity index (χ2n) is 6.04. The van der Waals surface area contributed by atoms with Crippen LogP contribution in [-0.4, -0.2) is 0 Å². The normalized spacial score (nSPS) is 10.7. The summed E-state index contributed by atoms with van der Waals surface area (Å²) >= 11 is 6.20. The van der Waals surface area contributed by atoms with E-state index in [4.69, 9.17) is 0 Å². The Kier molecular flexibility index (Phi) is 5.14. The molecule has 0 aliphatic carbocycles. The quantitative estimate of drug-likeness (QED) is 0.364. The van der Waals surface area contributed by atoms with E-state index in [0.717, 1.165) is 4.90 Å². The number of rotatable bonds is 4. The van der Waals surface area contributed by atoms with Gasteiger partial charge in [-0.05, 0) is 58.7 Å². The second kappa shape index (κ2) is 7.86. The van der Waals surface area contributed by atoms with E-state index < -0.39 is 0 Å². The Hall–Kier alpha value is -2.42. The summed E-state index contributed by atoms with van der Waals surface area (Å²) in [5, 5.41) is 0. The predicted molar refractivity (Wildman–Crippen MR) is 115 cm³/mol. The molecule has 0 aliphatic heterocycles. The van der Waals surface area contributed by atoms with Gasteiger partial charge in [-0.15, -0.1) is 12.6 Å². The summed E-state index contributed by atoms with van der Waals surface area (Å²) in [6.07, 6.45) is 0. The van der Waals surface area contributed by atoms with E-state index in [0.29, 0.717) is 0 Å². The van der Waals surface area contributed by atoms with Gasteiger partial charge in [0.25, 0.3) is 0 Å². The smallest absolute Gasteiger partial charge is 0.0128 e. The largest absolute Gasteiger partial charge is 0.143 e. The van der Waals surface area contributed by atoms with Crippen molar-refractivity contribution in [1.82, 2.24) is 0 Å². The van der Waals surface area contributed by atoms with Crippen molar-refractivity contribution in [2.75, 3.05) is 0 Å². The van der Waals surface area contributed by atoms with Gasteiger partial charge in [0.2, 0.25) is 0 Å². The Morgan fingerprint density at radius 2 is 1.12 bits per heavy atom. The molecule has 0 radical (unpaired) electrons. The Morgan fingerprint density at radius 1 is 0.500 bits per heavy atom. The van der Waals surface area contributed by atoms with Gasteiger partial charge in [-0.1, -0.05) is 78.5 Å². The second-order valence-corrected chi connectivity index (χ2v) is 7.70. The van der Waals surface area contributed by atoms with Gasteiger partial charge in [-0.25, -0.2) is 0 Å². The first-order chi connectivity index (χ1) is 12.8. The summed E-state index contributed by atoms with van der Waals surface area (Å²) in [7, 11) is 0. The van der Waals surface area contributed by atoms with E-state index in [-0.39, 0.29) is 0 Å². The average molecular weight is 371 g/mol. The highest BCUT2D eigenvalue weighted by molar-refractivity contribution is 7.99. The molecule has 4 aromatic rings.